The van der Waals surface area contributed by atoms with Crippen molar-refractivity contribution in [3.8, 4) is 0 Å². The third kappa shape index (κ3) is 4.17. The maximum atomic E-state index is 12.8. The molecule has 5 nitrogen and oxygen atoms in total. The zero-order chi connectivity index (χ0) is 15.3. The second kappa shape index (κ2) is 6.67. The second-order valence-corrected chi connectivity index (χ2v) is 4.25. The van der Waals surface area contributed by atoms with Gasteiger partial charge in [-0.15, -0.1) is 0 Å². The Hall–Kier alpha value is -1.67. The summed E-state index contributed by atoms with van der Waals surface area (Å²) >= 11 is 0. The van der Waals surface area contributed by atoms with Crippen LogP contribution in [0.25, 0.3) is 0 Å². The summed E-state index contributed by atoms with van der Waals surface area (Å²) in [7, 11) is 3.15. The van der Waals surface area contributed by atoms with Gasteiger partial charge in [0, 0.05) is 19.2 Å². The van der Waals surface area contributed by atoms with Crippen molar-refractivity contribution in [1.29, 1.82) is 0 Å². The standard InChI is InChI=1S/C12H15F3N2O3/c1-16-9(7-20-2)5-8-3-4-11(17(18)19)10(6-8)12(13,14)15/h3-4,6,9,16H,5,7H2,1-2H3. The van der Waals surface area contributed by atoms with Crippen molar-refractivity contribution in [3.05, 3.63) is 39.4 Å². The molecule has 1 aromatic rings. The number of ether oxygens (including phenoxy) is 1. The number of methoxy groups -OCH3 is 1. The molecular weight excluding hydrogens is 277 g/mol. The van der Waals surface area contributed by atoms with Crippen LogP contribution in [0.3, 0.4) is 0 Å². The molecule has 0 aliphatic rings. The second-order valence-electron chi connectivity index (χ2n) is 4.25. The topological polar surface area (TPSA) is 64.4 Å². The molecule has 20 heavy (non-hydrogen) atoms. The van der Waals surface area contributed by atoms with E-state index in [-0.39, 0.29) is 12.5 Å². The number of hydrogen-bond donors (Lipinski definition) is 1. The van der Waals surface area contributed by atoms with Crippen molar-refractivity contribution in [2.24, 2.45) is 0 Å². The van der Waals surface area contributed by atoms with E-state index < -0.39 is 22.4 Å². The lowest BCUT2D eigenvalue weighted by Crippen LogP contribution is -2.32. The van der Waals surface area contributed by atoms with Crippen molar-refractivity contribution < 1.29 is 22.8 Å². The van der Waals surface area contributed by atoms with E-state index in [1.54, 1.807) is 7.05 Å². The Balaban J connectivity index is 3.10. The summed E-state index contributed by atoms with van der Waals surface area (Å²) in [6.07, 6.45) is -4.47. The average Bonchev–Trinajstić information content (AvgIpc) is 2.36. The molecule has 112 valence electrons. The van der Waals surface area contributed by atoms with Crippen LogP contribution in [0.15, 0.2) is 18.2 Å². The highest BCUT2D eigenvalue weighted by molar-refractivity contribution is 5.44. The number of nitro groups is 1. The molecule has 0 heterocycles. The molecule has 0 spiro atoms. The molecule has 1 atom stereocenters. The number of halogens is 3. The fourth-order valence-corrected chi connectivity index (χ4v) is 1.83. The van der Waals surface area contributed by atoms with Gasteiger partial charge in [-0.3, -0.25) is 10.1 Å². The molecule has 0 saturated carbocycles. The highest BCUT2D eigenvalue weighted by Crippen LogP contribution is 2.36. The summed E-state index contributed by atoms with van der Waals surface area (Å²) < 4.78 is 43.4. The zero-order valence-corrected chi connectivity index (χ0v) is 11.0. The Labute approximate surface area is 113 Å². The van der Waals surface area contributed by atoms with Gasteiger partial charge in [-0.2, -0.15) is 13.2 Å². The molecule has 0 radical (unpaired) electrons. The minimum absolute atomic E-state index is 0.164. The number of alkyl halides is 3. The molecule has 0 aromatic heterocycles. The van der Waals surface area contributed by atoms with E-state index in [9.17, 15) is 23.3 Å². The third-order valence-corrected chi connectivity index (χ3v) is 2.82. The summed E-state index contributed by atoms with van der Waals surface area (Å²) in [5.74, 6) is 0. The van der Waals surface area contributed by atoms with Crippen molar-refractivity contribution >= 4 is 5.69 Å². The van der Waals surface area contributed by atoms with E-state index in [4.69, 9.17) is 4.74 Å². The molecule has 0 aliphatic carbocycles. The van der Waals surface area contributed by atoms with E-state index in [1.165, 1.54) is 13.2 Å². The van der Waals surface area contributed by atoms with Crippen LogP contribution < -0.4 is 5.32 Å². The minimum Gasteiger partial charge on any atom is -0.383 e. The fourth-order valence-electron chi connectivity index (χ4n) is 1.83. The smallest absolute Gasteiger partial charge is 0.383 e. The molecule has 0 aliphatic heterocycles. The van der Waals surface area contributed by atoms with Crippen molar-refractivity contribution in [1.82, 2.24) is 5.32 Å². The van der Waals surface area contributed by atoms with Gasteiger partial charge >= 0.3 is 6.18 Å². The van der Waals surface area contributed by atoms with Crippen LogP contribution in [0.1, 0.15) is 11.1 Å². The number of nitro benzene ring substituents is 1. The minimum atomic E-state index is -4.76. The largest absolute Gasteiger partial charge is 0.423 e. The van der Waals surface area contributed by atoms with Gasteiger partial charge < -0.3 is 10.1 Å². The third-order valence-electron chi connectivity index (χ3n) is 2.82. The van der Waals surface area contributed by atoms with Crippen molar-refractivity contribution in [2.75, 3.05) is 20.8 Å². The number of likely N-dealkylation sites (N-methyl/N-ethyl adjacent to an activating group) is 1. The number of rotatable bonds is 6. The predicted octanol–water partition coefficient (Wildman–Crippen LogP) is 2.39. The summed E-state index contributed by atoms with van der Waals surface area (Å²) in [6.45, 7) is 0.328. The van der Waals surface area contributed by atoms with Gasteiger partial charge in [0.2, 0.25) is 0 Å². The molecule has 0 saturated heterocycles. The Morgan fingerprint density at radius 2 is 2.10 bits per heavy atom. The monoisotopic (exact) mass is 292 g/mol. The fraction of sp³-hybridized carbons (Fsp3) is 0.500. The molecule has 1 aromatic carbocycles. The quantitative estimate of drug-likeness (QED) is 0.646. The molecule has 8 heteroatoms. The first-order valence-corrected chi connectivity index (χ1v) is 5.80. The Morgan fingerprint density at radius 3 is 2.55 bits per heavy atom. The van der Waals surface area contributed by atoms with E-state index >= 15 is 0 Å². The Bertz CT molecular complexity index is 478. The number of benzene rings is 1. The van der Waals surface area contributed by atoms with Gasteiger partial charge in [-0.25, -0.2) is 0 Å². The molecule has 0 fully saturated rings. The van der Waals surface area contributed by atoms with Crippen molar-refractivity contribution in [2.45, 2.75) is 18.6 Å². The SMILES string of the molecule is CNC(COC)Cc1ccc([N+](=O)[O-])c(C(F)(F)F)c1. The van der Waals surface area contributed by atoms with Crippen LogP contribution in [0.5, 0.6) is 0 Å². The van der Waals surface area contributed by atoms with Gasteiger partial charge in [0.25, 0.3) is 5.69 Å². The molecule has 0 bridgehead atoms. The number of nitrogens with zero attached hydrogens (tertiary/aromatic N) is 1. The van der Waals surface area contributed by atoms with Gasteiger partial charge in [-0.05, 0) is 25.1 Å². The summed E-state index contributed by atoms with van der Waals surface area (Å²) in [5.41, 5.74) is -1.81. The van der Waals surface area contributed by atoms with Gasteiger partial charge in [0.1, 0.15) is 5.56 Å². The maximum Gasteiger partial charge on any atom is 0.423 e. The zero-order valence-electron chi connectivity index (χ0n) is 11.0. The lowest BCUT2D eigenvalue weighted by atomic mass is 10.0. The highest BCUT2D eigenvalue weighted by Gasteiger charge is 2.38. The summed E-state index contributed by atoms with van der Waals surface area (Å²) in [4.78, 5) is 9.60. The van der Waals surface area contributed by atoms with E-state index in [2.05, 4.69) is 5.32 Å². The molecule has 1 rings (SSSR count). The lowest BCUT2D eigenvalue weighted by molar-refractivity contribution is -0.388. The lowest BCUT2D eigenvalue weighted by Gasteiger charge is -2.16. The van der Waals surface area contributed by atoms with Crippen LogP contribution in [0.2, 0.25) is 0 Å². The first kappa shape index (κ1) is 16.4. The summed E-state index contributed by atoms with van der Waals surface area (Å²) in [5, 5.41) is 13.5. The number of nitrogens with one attached hydrogen (secondary N) is 1. The number of hydrogen-bond acceptors (Lipinski definition) is 4. The van der Waals surface area contributed by atoms with Gasteiger partial charge in [-0.1, -0.05) is 6.07 Å². The van der Waals surface area contributed by atoms with Crippen LogP contribution in [-0.2, 0) is 17.3 Å². The van der Waals surface area contributed by atoms with Crippen LogP contribution in [-0.4, -0.2) is 31.7 Å². The van der Waals surface area contributed by atoms with Crippen molar-refractivity contribution in [3.63, 3.8) is 0 Å². The van der Waals surface area contributed by atoms with Gasteiger partial charge in [0.15, 0.2) is 0 Å². The molecular formula is C12H15F3N2O3. The van der Waals surface area contributed by atoms with Gasteiger partial charge in [0.05, 0.1) is 11.5 Å². The Kier molecular flexibility index (Phi) is 5.46. The predicted molar refractivity (Wildman–Crippen MR) is 66.5 cm³/mol. The van der Waals surface area contributed by atoms with Crippen LogP contribution in [0, 0.1) is 10.1 Å². The molecule has 0 amide bonds. The maximum absolute atomic E-state index is 12.8. The first-order chi connectivity index (χ1) is 9.29. The average molecular weight is 292 g/mol. The highest BCUT2D eigenvalue weighted by atomic mass is 19.4. The summed E-state index contributed by atoms with van der Waals surface area (Å²) in [6, 6.07) is 2.87. The van der Waals surface area contributed by atoms with Crippen LogP contribution in [0.4, 0.5) is 18.9 Å². The van der Waals surface area contributed by atoms with E-state index in [0.29, 0.717) is 12.2 Å². The van der Waals surface area contributed by atoms with E-state index in [0.717, 1.165) is 12.1 Å². The first-order valence-electron chi connectivity index (χ1n) is 5.80. The molecule has 1 unspecified atom stereocenters. The molecule has 1 N–H and O–H groups in total. The normalized spacial score (nSPS) is 13.2. The van der Waals surface area contributed by atoms with Crippen LogP contribution >= 0.6 is 0 Å². The Morgan fingerprint density at radius 1 is 1.45 bits per heavy atom. The van der Waals surface area contributed by atoms with E-state index in [1.807, 2.05) is 0 Å².